The summed E-state index contributed by atoms with van der Waals surface area (Å²) in [6.07, 6.45) is 2.13. The lowest BCUT2D eigenvalue weighted by Crippen LogP contribution is -2.44. The van der Waals surface area contributed by atoms with E-state index in [0.717, 1.165) is 0 Å². The Bertz CT molecular complexity index is 537. The molecule has 1 fully saturated rings. The molecule has 0 aromatic carbocycles. The molecule has 1 aromatic rings. The van der Waals surface area contributed by atoms with Crippen LogP contribution < -0.4 is 5.32 Å². The van der Waals surface area contributed by atoms with E-state index in [4.69, 9.17) is 0 Å². The molecule has 18 heavy (non-hydrogen) atoms. The standard InChI is InChI=1S/C10H14BrN3O3S/c1-14(9-5-13-6-10(9)15)18(16,17)8-2-7(11)3-12-4-8/h2-4,9-10,13,15H,5-6H2,1H3/t9-,10-/m0/s1. The molecule has 1 aliphatic heterocycles. The molecule has 0 amide bonds. The number of nitrogens with one attached hydrogen (secondary N) is 1. The number of halogens is 1. The van der Waals surface area contributed by atoms with Crippen molar-refractivity contribution in [2.24, 2.45) is 0 Å². The zero-order chi connectivity index (χ0) is 13.3. The normalized spacial score (nSPS) is 24.7. The van der Waals surface area contributed by atoms with Gasteiger partial charge in [0.2, 0.25) is 10.0 Å². The number of hydrogen-bond acceptors (Lipinski definition) is 5. The molecule has 1 saturated heterocycles. The molecule has 6 nitrogen and oxygen atoms in total. The van der Waals surface area contributed by atoms with Crippen LogP contribution in [-0.2, 0) is 10.0 Å². The average Bonchev–Trinajstić information content (AvgIpc) is 2.74. The Labute approximate surface area is 114 Å². The van der Waals surface area contributed by atoms with E-state index >= 15 is 0 Å². The smallest absolute Gasteiger partial charge is 0.244 e. The van der Waals surface area contributed by atoms with Crippen molar-refractivity contribution >= 4 is 26.0 Å². The van der Waals surface area contributed by atoms with Gasteiger partial charge in [0.05, 0.1) is 12.1 Å². The summed E-state index contributed by atoms with van der Waals surface area (Å²) in [6.45, 7) is 0.847. The lowest BCUT2D eigenvalue weighted by Gasteiger charge is -2.25. The van der Waals surface area contributed by atoms with Gasteiger partial charge in [0.15, 0.2) is 0 Å². The SMILES string of the molecule is CN([C@H]1CNC[C@@H]1O)S(=O)(=O)c1cncc(Br)c1. The van der Waals surface area contributed by atoms with Crippen molar-refractivity contribution in [1.29, 1.82) is 0 Å². The Balaban J connectivity index is 2.31. The van der Waals surface area contributed by atoms with Crippen LogP contribution >= 0.6 is 15.9 Å². The summed E-state index contributed by atoms with van der Waals surface area (Å²) >= 11 is 3.19. The predicted molar refractivity (Wildman–Crippen MR) is 69.6 cm³/mol. The molecule has 1 aromatic heterocycles. The summed E-state index contributed by atoms with van der Waals surface area (Å²) in [6, 6.07) is 1.04. The third kappa shape index (κ3) is 2.57. The van der Waals surface area contributed by atoms with Gasteiger partial charge in [-0.3, -0.25) is 4.98 Å². The number of aromatic nitrogens is 1. The maximum atomic E-state index is 12.3. The van der Waals surface area contributed by atoms with Crippen LogP contribution in [0.2, 0.25) is 0 Å². The number of likely N-dealkylation sites (N-methyl/N-ethyl adjacent to an activating group) is 1. The minimum atomic E-state index is -3.64. The van der Waals surface area contributed by atoms with Gasteiger partial charge < -0.3 is 10.4 Å². The number of pyridine rings is 1. The van der Waals surface area contributed by atoms with E-state index < -0.39 is 22.2 Å². The van der Waals surface area contributed by atoms with Crippen molar-refractivity contribution in [2.75, 3.05) is 20.1 Å². The van der Waals surface area contributed by atoms with E-state index in [0.29, 0.717) is 17.6 Å². The molecule has 0 saturated carbocycles. The molecular formula is C10H14BrN3O3S. The number of sulfonamides is 1. The van der Waals surface area contributed by atoms with Crippen LogP contribution in [0.3, 0.4) is 0 Å². The summed E-state index contributed by atoms with van der Waals surface area (Å²) in [7, 11) is -2.17. The van der Waals surface area contributed by atoms with E-state index in [2.05, 4.69) is 26.2 Å². The highest BCUT2D eigenvalue weighted by Gasteiger charge is 2.35. The molecule has 0 unspecified atom stereocenters. The average molecular weight is 336 g/mol. The molecule has 100 valence electrons. The first-order chi connectivity index (χ1) is 8.43. The van der Waals surface area contributed by atoms with Crippen LogP contribution in [0.15, 0.2) is 27.8 Å². The fourth-order valence-electron chi connectivity index (χ4n) is 1.90. The molecular weight excluding hydrogens is 322 g/mol. The molecule has 2 heterocycles. The molecule has 2 atom stereocenters. The van der Waals surface area contributed by atoms with Gasteiger partial charge in [-0.1, -0.05) is 0 Å². The highest BCUT2D eigenvalue weighted by molar-refractivity contribution is 9.10. The minimum Gasteiger partial charge on any atom is -0.390 e. The first-order valence-electron chi connectivity index (χ1n) is 5.40. The predicted octanol–water partition coefficient (Wildman–Crippen LogP) is -0.203. The van der Waals surface area contributed by atoms with Crippen molar-refractivity contribution in [3.63, 3.8) is 0 Å². The van der Waals surface area contributed by atoms with E-state index in [1.165, 1.54) is 29.8 Å². The van der Waals surface area contributed by atoms with Crippen molar-refractivity contribution in [2.45, 2.75) is 17.0 Å². The van der Waals surface area contributed by atoms with Crippen molar-refractivity contribution < 1.29 is 13.5 Å². The van der Waals surface area contributed by atoms with Crippen LogP contribution in [0.4, 0.5) is 0 Å². The number of β-amino-alcohol motifs (C(OH)–C–C–N with tert-alkyl or cyclic N) is 1. The highest BCUT2D eigenvalue weighted by atomic mass is 79.9. The topological polar surface area (TPSA) is 82.5 Å². The zero-order valence-electron chi connectivity index (χ0n) is 9.75. The second-order valence-electron chi connectivity index (χ2n) is 4.15. The zero-order valence-corrected chi connectivity index (χ0v) is 12.1. The summed E-state index contributed by atoms with van der Waals surface area (Å²) < 4.78 is 26.5. The Morgan fingerprint density at radius 1 is 1.50 bits per heavy atom. The molecule has 0 aliphatic carbocycles. The number of hydrogen-bond donors (Lipinski definition) is 2. The maximum absolute atomic E-state index is 12.3. The van der Waals surface area contributed by atoms with Gasteiger partial charge in [-0.15, -0.1) is 0 Å². The Kier molecular flexibility index (Phi) is 4.02. The molecule has 8 heteroatoms. The number of aliphatic hydroxyl groups is 1. The number of nitrogens with zero attached hydrogens (tertiary/aromatic N) is 2. The largest absolute Gasteiger partial charge is 0.390 e. The van der Waals surface area contributed by atoms with E-state index in [-0.39, 0.29) is 4.90 Å². The van der Waals surface area contributed by atoms with Gasteiger partial charge in [-0.05, 0) is 22.0 Å². The number of aliphatic hydroxyl groups excluding tert-OH is 1. The molecule has 2 rings (SSSR count). The van der Waals surface area contributed by atoms with E-state index in [1.807, 2.05) is 0 Å². The maximum Gasteiger partial charge on any atom is 0.244 e. The van der Waals surface area contributed by atoms with Gasteiger partial charge in [0.1, 0.15) is 4.90 Å². The second kappa shape index (κ2) is 5.22. The first kappa shape index (κ1) is 13.9. The van der Waals surface area contributed by atoms with Crippen molar-refractivity contribution in [3.8, 4) is 0 Å². The fraction of sp³-hybridized carbons (Fsp3) is 0.500. The Morgan fingerprint density at radius 2 is 2.22 bits per heavy atom. The van der Waals surface area contributed by atoms with Crippen LogP contribution in [-0.4, -0.2) is 55.1 Å². The third-order valence-corrected chi connectivity index (χ3v) is 5.26. The van der Waals surface area contributed by atoms with Gasteiger partial charge in [-0.2, -0.15) is 4.31 Å². The van der Waals surface area contributed by atoms with Gasteiger partial charge in [0.25, 0.3) is 0 Å². The first-order valence-corrected chi connectivity index (χ1v) is 7.63. The summed E-state index contributed by atoms with van der Waals surface area (Å²) in [4.78, 5) is 3.96. The number of rotatable bonds is 3. The summed E-state index contributed by atoms with van der Waals surface area (Å²) in [5.41, 5.74) is 0. The minimum absolute atomic E-state index is 0.110. The lowest BCUT2D eigenvalue weighted by atomic mass is 10.2. The van der Waals surface area contributed by atoms with Crippen LogP contribution in [0.1, 0.15) is 0 Å². The van der Waals surface area contributed by atoms with Gasteiger partial charge >= 0.3 is 0 Å². The van der Waals surface area contributed by atoms with Crippen molar-refractivity contribution in [3.05, 3.63) is 22.9 Å². The van der Waals surface area contributed by atoms with Crippen molar-refractivity contribution in [1.82, 2.24) is 14.6 Å². The molecule has 2 N–H and O–H groups in total. The van der Waals surface area contributed by atoms with Gasteiger partial charge in [0, 0.05) is 37.0 Å². The Morgan fingerprint density at radius 3 is 2.78 bits per heavy atom. The summed E-state index contributed by atoms with van der Waals surface area (Å²) in [5, 5.41) is 12.7. The molecule has 0 bridgehead atoms. The molecule has 0 radical (unpaired) electrons. The van der Waals surface area contributed by atoms with Crippen LogP contribution in [0.25, 0.3) is 0 Å². The van der Waals surface area contributed by atoms with Crippen LogP contribution in [0, 0.1) is 0 Å². The lowest BCUT2D eigenvalue weighted by molar-refractivity contribution is 0.136. The summed E-state index contributed by atoms with van der Waals surface area (Å²) in [5.74, 6) is 0. The van der Waals surface area contributed by atoms with E-state index in [9.17, 15) is 13.5 Å². The monoisotopic (exact) mass is 335 g/mol. The second-order valence-corrected chi connectivity index (χ2v) is 7.07. The fourth-order valence-corrected chi connectivity index (χ4v) is 3.79. The molecule has 1 aliphatic rings. The van der Waals surface area contributed by atoms with Crippen LogP contribution in [0.5, 0.6) is 0 Å². The molecule has 0 spiro atoms. The quantitative estimate of drug-likeness (QED) is 0.799. The Hall–Kier alpha value is -0.540. The van der Waals surface area contributed by atoms with E-state index in [1.54, 1.807) is 0 Å². The van der Waals surface area contributed by atoms with Gasteiger partial charge in [-0.25, -0.2) is 8.42 Å². The third-order valence-electron chi connectivity index (χ3n) is 2.97. The highest BCUT2D eigenvalue weighted by Crippen LogP contribution is 2.21.